The van der Waals surface area contributed by atoms with Crippen LogP contribution in [0.15, 0.2) is 40.9 Å². The van der Waals surface area contributed by atoms with E-state index in [9.17, 15) is 0 Å². The zero-order valence-electron chi connectivity index (χ0n) is 11.8. The molecule has 110 valence electrons. The van der Waals surface area contributed by atoms with Crippen LogP contribution in [0.3, 0.4) is 0 Å². The molecule has 2 aromatic carbocycles. The van der Waals surface area contributed by atoms with Gasteiger partial charge in [-0.05, 0) is 42.3 Å². The maximum Gasteiger partial charge on any atom is 0.127 e. The van der Waals surface area contributed by atoms with Crippen molar-refractivity contribution in [2.24, 2.45) is 0 Å². The molecule has 0 aromatic heterocycles. The minimum atomic E-state index is 0.263. The molecule has 4 heteroatoms. The van der Waals surface area contributed by atoms with Gasteiger partial charge in [0.25, 0.3) is 0 Å². The summed E-state index contributed by atoms with van der Waals surface area (Å²) >= 11 is 9.70. The van der Waals surface area contributed by atoms with Crippen LogP contribution < -0.4 is 10.1 Å². The summed E-state index contributed by atoms with van der Waals surface area (Å²) in [4.78, 5) is 0. The van der Waals surface area contributed by atoms with Gasteiger partial charge in [0, 0.05) is 34.1 Å². The van der Waals surface area contributed by atoms with E-state index in [1.54, 1.807) is 0 Å². The number of hydrogen-bond donors (Lipinski definition) is 1. The van der Waals surface area contributed by atoms with Crippen LogP contribution in [0.5, 0.6) is 5.75 Å². The standard InChI is InChI=1S/C17H17BrClNO/c1-11(12-3-2-4-15(18)7-12)20-10-14-9-16(19)8-13-5-6-21-17(13)14/h2-4,7-9,11,20H,5-6,10H2,1H3/t11-/m1/s1. The number of benzene rings is 2. The summed E-state index contributed by atoms with van der Waals surface area (Å²) < 4.78 is 6.83. The second-order valence-corrected chi connectivity index (χ2v) is 6.66. The summed E-state index contributed by atoms with van der Waals surface area (Å²) in [5, 5.41) is 4.32. The number of hydrogen-bond acceptors (Lipinski definition) is 2. The highest BCUT2D eigenvalue weighted by Crippen LogP contribution is 2.33. The van der Waals surface area contributed by atoms with Crippen molar-refractivity contribution in [1.29, 1.82) is 0 Å². The molecule has 3 rings (SSSR count). The van der Waals surface area contributed by atoms with Crippen molar-refractivity contribution in [3.05, 3.63) is 62.6 Å². The van der Waals surface area contributed by atoms with E-state index in [-0.39, 0.29) is 6.04 Å². The van der Waals surface area contributed by atoms with Crippen LogP contribution in [0.25, 0.3) is 0 Å². The molecule has 0 spiro atoms. The fraction of sp³-hybridized carbons (Fsp3) is 0.294. The zero-order chi connectivity index (χ0) is 14.8. The quantitative estimate of drug-likeness (QED) is 0.832. The lowest BCUT2D eigenvalue weighted by molar-refractivity contribution is 0.351. The van der Waals surface area contributed by atoms with Gasteiger partial charge in [0.15, 0.2) is 0 Å². The molecule has 1 aliphatic rings. The molecule has 0 saturated heterocycles. The van der Waals surface area contributed by atoms with Crippen LogP contribution in [0.1, 0.15) is 29.7 Å². The van der Waals surface area contributed by atoms with Crippen LogP contribution >= 0.6 is 27.5 Å². The van der Waals surface area contributed by atoms with Gasteiger partial charge in [-0.3, -0.25) is 0 Å². The Labute approximate surface area is 138 Å². The maximum absolute atomic E-state index is 6.19. The van der Waals surface area contributed by atoms with Gasteiger partial charge in [-0.1, -0.05) is 39.7 Å². The van der Waals surface area contributed by atoms with Gasteiger partial charge >= 0.3 is 0 Å². The number of rotatable bonds is 4. The average Bonchev–Trinajstić information content (AvgIpc) is 2.92. The molecular formula is C17H17BrClNO. The molecule has 21 heavy (non-hydrogen) atoms. The van der Waals surface area contributed by atoms with Gasteiger partial charge < -0.3 is 10.1 Å². The lowest BCUT2D eigenvalue weighted by Crippen LogP contribution is -2.18. The van der Waals surface area contributed by atoms with Crippen LogP contribution in [-0.2, 0) is 13.0 Å². The molecule has 1 aliphatic heterocycles. The van der Waals surface area contributed by atoms with Crippen LogP contribution in [0.4, 0.5) is 0 Å². The summed E-state index contributed by atoms with van der Waals surface area (Å²) in [5.41, 5.74) is 3.61. The fourth-order valence-electron chi connectivity index (χ4n) is 2.63. The highest BCUT2D eigenvalue weighted by Gasteiger charge is 2.18. The minimum Gasteiger partial charge on any atom is -0.493 e. The molecule has 2 nitrogen and oxygen atoms in total. The van der Waals surface area contributed by atoms with E-state index < -0.39 is 0 Å². The third kappa shape index (κ3) is 3.42. The van der Waals surface area contributed by atoms with E-state index in [1.165, 1.54) is 11.1 Å². The summed E-state index contributed by atoms with van der Waals surface area (Å²) in [6.45, 7) is 3.66. The first-order valence-corrected chi connectivity index (χ1v) is 8.23. The predicted molar refractivity (Wildman–Crippen MR) is 90.0 cm³/mol. The van der Waals surface area contributed by atoms with Gasteiger partial charge in [0.05, 0.1) is 6.61 Å². The second-order valence-electron chi connectivity index (χ2n) is 5.31. The molecule has 0 bridgehead atoms. The van der Waals surface area contributed by atoms with Crippen molar-refractivity contribution in [1.82, 2.24) is 5.32 Å². The number of nitrogens with one attached hydrogen (secondary N) is 1. The smallest absolute Gasteiger partial charge is 0.127 e. The predicted octanol–water partition coefficient (Wildman–Crippen LogP) is 4.89. The molecule has 0 unspecified atom stereocenters. The lowest BCUT2D eigenvalue weighted by Gasteiger charge is -2.16. The normalized spacial score (nSPS) is 14.6. The van der Waals surface area contributed by atoms with Crippen LogP contribution in [0.2, 0.25) is 5.02 Å². The van der Waals surface area contributed by atoms with E-state index in [1.807, 2.05) is 18.2 Å². The molecule has 0 fully saturated rings. The lowest BCUT2D eigenvalue weighted by atomic mass is 10.1. The molecule has 0 amide bonds. The van der Waals surface area contributed by atoms with Crippen molar-refractivity contribution in [3.63, 3.8) is 0 Å². The third-order valence-electron chi connectivity index (χ3n) is 3.77. The summed E-state index contributed by atoms with van der Waals surface area (Å²) in [5.74, 6) is 1.01. The Balaban J connectivity index is 1.73. The van der Waals surface area contributed by atoms with E-state index >= 15 is 0 Å². The van der Waals surface area contributed by atoms with Crippen LogP contribution in [-0.4, -0.2) is 6.61 Å². The highest BCUT2D eigenvalue weighted by atomic mass is 79.9. The van der Waals surface area contributed by atoms with Crippen molar-refractivity contribution < 1.29 is 4.74 Å². The Kier molecular flexibility index (Phi) is 4.53. The molecular weight excluding hydrogens is 350 g/mol. The topological polar surface area (TPSA) is 21.3 Å². The molecule has 1 heterocycles. The maximum atomic E-state index is 6.19. The molecule has 0 radical (unpaired) electrons. The first-order valence-electron chi connectivity index (χ1n) is 7.06. The van der Waals surface area contributed by atoms with Crippen molar-refractivity contribution in [3.8, 4) is 5.75 Å². The van der Waals surface area contributed by atoms with Crippen molar-refractivity contribution >= 4 is 27.5 Å². The Morgan fingerprint density at radius 3 is 3.00 bits per heavy atom. The summed E-state index contributed by atoms with van der Waals surface area (Å²) in [6.07, 6.45) is 0.948. The number of halogens is 2. The highest BCUT2D eigenvalue weighted by molar-refractivity contribution is 9.10. The molecule has 0 saturated carbocycles. The monoisotopic (exact) mass is 365 g/mol. The average molecular weight is 367 g/mol. The number of fused-ring (bicyclic) bond motifs is 1. The summed E-state index contributed by atoms with van der Waals surface area (Å²) in [6, 6.07) is 12.6. The summed E-state index contributed by atoms with van der Waals surface area (Å²) in [7, 11) is 0. The third-order valence-corrected chi connectivity index (χ3v) is 4.48. The van der Waals surface area contributed by atoms with E-state index in [0.717, 1.165) is 40.4 Å². The Morgan fingerprint density at radius 2 is 2.19 bits per heavy atom. The first-order chi connectivity index (χ1) is 10.1. The van der Waals surface area contributed by atoms with E-state index in [0.29, 0.717) is 0 Å². The molecule has 2 aromatic rings. The molecule has 1 N–H and O–H groups in total. The first kappa shape index (κ1) is 14.9. The molecule has 1 atom stereocenters. The van der Waals surface area contributed by atoms with Gasteiger partial charge in [0.2, 0.25) is 0 Å². The van der Waals surface area contributed by atoms with Crippen molar-refractivity contribution in [2.75, 3.05) is 6.61 Å². The fourth-order valence-corrected chi connectivity index (χ4v) is 3.31. The molecule has 0 aliphatic carbocycles. The van der Waals surface area contributed by atoms with Gasteiger partial charge in [-0.15, -0.1) is 0 Å². The van der Waals surface area contributed by atoms with Crippen LogP contribution in [0, 0.1) is 0 Å². The SMILES string of the molecule is C[C@@H](NCc1cc(Cl)cc2c1OCC2)c1cccc(Br)c1. The van der Waals surface area contributed by atoms with Gasteiger partial charge in [-0.25, -0.2) is 0 Å². The van der Waals surface area contributed by atoms with Gasteiger partial charge in [-0.2, -0.15) is 0 Å². The Morgan fingerprint density at radius 1 is 1.33 bits per heavy atom. The second kappa shape index (κ2) is 6.39. The van der Waals surface area contributed by atoms with E-state index in [2.05, 4.69) is 46.4 Å². The Hall–Kier alpha value is -1.03. The van der Waals surface area contributed by atoms with Gasteiger partial charge in [0.1, 0.15) is 5.75 Å². The largest absolute Gasteiger partial charge is 0.493 e. The Bertz CT molecular complexity index is 659. The minimum absolute atomic E-state index is 0.263. The number of ether oxygens (including phenoxy) is 1. The zero-order valence-corrected chi connectivity index (χ0v) is 14.2. The van der Waals surface area contributed by atoms with E-state index in [4.69, 9.17) is 16.3 Å². The van der Waals surface area contributed by atoms with Crippen molar-refractivity contribution in [2.45, 2.75) is 25.9 Å².